The monoisotopic (exact) mass is 328 g/mol. The first-order valence-corrected chi connectivity index (χ1v) is 7.10. The summed E-state index contributed by atoms with van der Waals surface area (Å²) >= 11 is 3.39. The zero-order chi connectivity index (χ0) is 13.9. The third-order valence-corrected chi connectivity index (χ3v) is 3.44. The normalized spacial score (nSPS) is 10.7. The molecule has 3 rings (SSSR count). The highest BCUT2D eigenvalue weighted by molar-refractivity contribution is 9.10. The largest absolute Gasteiger partial charge is 0.487 e. The molecule has 0 radical (unpaired) electrons. The molecule has 0 saturated carbocycles. The van der Waals surface area contributed by atoms with Crippen LogP contribution in [-0.4, -0.2) is 9.97 Å². The van der Waals surface area contributed by atoms with Gasteiger partial charge < -0.3 is 4.74 Å². The number of nitrogens with zero attached hydrogens (tertiary/aromatic N) is 2. The Hall–Kier alpha value is -1.94. The molecule has 20 heavy (non-hydrogen) atoms. The van der Waals surface area contributed by atoms with E-state index >= 15 is 0 Å². The van der Waals surface area contributed by atoms with Crippen molar-refractivity contribution in [1.29, 1.82) is 0 Å². The van der Waals surface area contributed by atoms with E-state index in [0.29, 0.717) is 6.61 Å². The van der Waals surface area contributed by atoms with Crippen molar-refractivity contribution in [3.63, 3.8) is 0 Å². The lowest BCUT2D eigenvalue weighted by atomic mass is 10.1. The van der Waals surface area contributed by atoms with Gasteiger partial charge in [-0.3, -0.25) is 9.97 Å². The molecule has 1 aromatic carbocycles. The highest BCUT2D eigenvalue weighted by Gasteiger charge is 2.05. The van der Waals surface area contributed by atoms with Crippen LogP contribution in [0.4, 0.5) is 0 Å². The summed E-state index contributed by atoms with van der Waals surface area (Å²) in [6, 6.07) is 12.1. The van der Waals surface area contributed by atoms with Gasteiger partial charge in [-0.15, -0.1) is 0 Å². The molecule has 0 fully saturated rings. The van der Waals surface area contributed by atoms with Crippen LogP contribution in [-0.2, 0) is 6.61 Å². The van der Waals surface area contributed by atoms with E-state index in [4.69, 9.17) is 4.74 Å². The lowest BCUT2D eigenvalue weighted by Gasteiger charge is -2.10. The second kappa shape index (κ2) is 5.59. The first-order valence-electron chi connectivity index (χ1n) is 6.31. The Labute approximate surface area is 125 Å². The summed E-state index contributed by atoms with van der Waals surface area (Å²) in [7, 11) is 0. The van der Waals surface area contributed by atoms with Crippen molar-refractivity contribution in [3.8, 4) is 5.75 Å². The molecule has 4 heteroatoms. The fourth-order valence-electron chi connectivity index (χ4n) is 2.15. The first-order chi connectivity index (χ1) is 9.72. The standard InChI is InChI=1S/C16H13BrN2O/c1-11-6-12(15-4-2-3-5-16(15)19-11)10-20-14-7-13(17)8-18-9-14/h2-9H,10H2,1H3. The van der Waals surface area contributed by atoms with Gasteiger partial charge in [0.15, 0.2) is 0 Å². The van der Waals surface area contributed by atoms with Gasteiger partial charge in [-0.25, -0.2) is 0 Å². The number of benzene rings is 1. The number of fused-ring (bicyclic) bond motifs is 1. The second-order valence-electron chi connectivity index (χ2n) is 4.57. The molecule has 3 aromatic rings. The maximum Gasteiger partial charge on any atom is 0.139 e. The van der Waals surface area contributed by atoms with Crippen LogP contribution in [0.1, 0.15) is 11.3 Å². The number of ether oxygens (including phenoxy) is 1. The summed E-state index contributed by atoms with van der Waals surface area (Å²) in [6.45, 7) is 2.50. The van der Waals surface area contributed by atoms with Crippen molar-refractivity contribution in [3.05, 3.63) is 64.5 Å². The number of aromatic nitrogens is 2. The summed E-state index contributed by atoms with van der Waals surface area (Å²) in [5, 5.41) is 1.13. The van der Waals surface area contributed by atoms with Gasteiger partial charge in [0, 0.05) is 27.3 Å². The van der Waals surface area contributed by atoms with E-state index in [0.717, 1.165) is 32.4 Å². The third kappa shape index (κ3) is 2.80. The third-order valence-electron chi connectivity index (χ3n) is 3.00. The van der Waals surface area contributed by atoms with E-state index in [2.05, 4.69) is 38.0 Å². The molecule has 0 atom stereocenters. The van der Waals surface area contributed by atoms with Gasteiger partial charge in [0.25, 0.3) is 0 Å². The molecule has 0 aliphatic carbocycles. The van der Waals surface area contributed by atoms with Gasteiger partial charge in [-0.2, -0.15) is 0 Å². The molecule has 0 amide bonds. The van der Waals surface area contributed by atoms with E-state index in [1.807, 2.05) is 31.2 Å². The molecule has 0 saturated heterocycles. The minimum absolute atomic E-state index is 0.502. The minimum atomic E-state index is 0.502. The van der Waals surface area contributed by atoms with E-state index in [-0.39, 0.29) is 0 Å². The molecule has 100 valence electrons. The van der Waals surface area contributed by atoms with Gasteiger partial charge in [0.05, 0.1) is 11.7 Å². The second-order valence-corrected chi connectivity index (χ2v) is 5.48. The Balaban J connectivity index is 1.91. The maximum absolute atomic E-state index is 5.82. The Bertz CT molecular complexity index is 758. The Kier molecular flexibility index (Phi) is 3.65. The van der Waals surface area contributed by atoms with Gasteiger partial charge in [0.1, 0.15) is 12.4 Å². The predicted octanol–water partition coefficient (Wildman–Crippen LogP) is 4.28. The SMILES string of the molecule is Cc1cc(COc2cncc(Br)c2)c2ccccc2n1. The number of hydrogen-bond acceptors (Lipinski definition) is 3. The van der Waals surface area contributed by atoms with Gasteiger partial charge in [0.2, 0.25) is 0 Å². The molecular weight excluding hydrogens is 316 g/mol. The van der Waals surface area contributed by atoms with Gasteiger partial charge in [-0.05, 0) is 41.1 Å². The quantitative estimate of drug-likeness (QED) is 0.719. The number of hydrogen-bond donors (Lipinski definition) is 0. The lowest BCUT2D eigenvalue weighted by molar-refractivity contribution is 0.306. The average Bonchev–Trinajstić information content (AvgIpc) is 2.44. The van der Waals surface area contributed by atoms with Crippen LogP contribution in [0.25, 0.3) is 10.9 Å². The number of para-hydroxylation sites is 1. The van der Waals surface area contributed by atoms with Crippen molar-refractivity contribution in [2.24, 2.45) is 0 Å². The van der Waals surface area contributed by atoms with Crippen LogP contribution in [0, 0.1) is 6.92 Å². The molecule has 0 aliphatic heterocycles. The van der Waals surface area contributed by atoms with E-state index in [1.165, 1.54) is 0 Å². The topological polar surface area (TPSA) is 35.0 Å². The van der Waals surface area contributed by atoms with E-state index < -0.39 is 0 Å². The van der Waals surface area contributed by atoms with Crippen LogP contribution < -0.4 is 4.74 Å². The van der Waals surface area contributed by atoms with Crippen molar-refractivity contribution in [1.82, 2.24) is 9.97 Å². The average molecular weight is 329 g/mol. The van der Waals surface area contributed by atoms with E-state index in [1.54, 1.807) is 12.4 Å². The Morgan fingerprint density at radius 2 is 2.00 bits per heavy atom. The van der Waals surface area contributed by atoms with Gasteiger partial charge in [-0.1, -0.05) is 18.2 Å². The van der Waals surface area contributed by atoms with Crippen molar-refractivity contribution in [2.75, 3.05) is 0 Å². The highest BCUT2D eigenvalue weighted by atomic mass is 79.9. The first kappa shape index (κ1) is 13.1. The number of pyridine rings is 2. The molecule has 0 unspecified atom stereocenters. The molecule has 2 heterocycles. The van der Waals surface area contributed by atoms with Crippen LogP contribution in [0.5, 0.6) is 5.75 Å². The fourth-order valence-corrected chi connectivity index (χ4v) is 2.49. The molecule has 3 nitrogen and oxygen atoms in total. The summed E-state index contributed by atoms with van der Waals surface area (Å²) in [5.41, 5.74) is 3.13. The van der Waals surface area contributed by atoms with Crippen LogP contribution in [0.15, 0.2) is 53.3 Å². The molecule has 0 bridgehead atoms. The fraction of sp³-hybridized carbons (Fsp3) is 0.125. The maximum atomic E-state index is 5.82. The Morgan fingerprint density at radius 3 is 2.85 bits per heavy atom. The Morgan fingerprint density at radius 1 is 1.15 bits per heavy atom. The predicted molar refractivity (Wildman–Crippen MR) is 82.7 cm³/mol. The van der Waals surface area contributed by atoms with Crippen LogP contribution in [0.2, 0.25) is 0 Å². The molecule has 0 aliphatic rings. The van der Waals surface area contributed by atoms with Crippen molar-refractivity contribution < 1.29 is 4.74 Å². The molecule has 2 aromatic heterocycles. The summed E-state index contributed by atoms with van der Waals surface area (Å²) < 4.78 is 6.72. The number of aryl methyl sites for hydroxylation is 1. The molecule has 0 N–H and O–H groups in total. The summed E-state index contributed by atoms with van der Waals surface area (Å²) in [5.74, 6) is 0.748. The summed E-state index contributed by atoms with van der Waals surface area (Å²) in [4.78, 5) is 8.62. The van der Waals surface area contributed by atoms with Crippen LogP contribution >= 0.6 is 15.9 Å². The number of halogens is 1. The summed E-state index contributed by atoms with van der Waals surface area (Å²) in [6.07, 6.45) is 3.44. The molecular formula is C16H13BrN2O. The van der Waals surface area contributed by atoms with Gasteiger partial charge >= 0.3 is 0 Å². The van der Waals surface area contributed by atoms with Crippen LogP contribution in [0.3, 0.4) is 0 Å². The van der Waals surface area contributed by atoms with E-state index in [9.17, 15) is 0 Å². The number of rotatable bonds is 3. The van der Waals surface area contributed by atoms with Crippen molar-refractivity contribution in [2.45, 2.75) is 13.5 Å². The minimum Gasteiger partial charge on any atom is -0.487 e. The lowest BCUT2D eigenvalue weighted by Crippen LogP contribution is -1.99. The van der Waals surface area contributed by atoms with Crippen molar-refractivity contribution >= 4 is 26.8 Å². The smallest absolute Gasteiger partial charge is 0.139 e. The highest BCUT2D eigenvalue weighted by Crippen LogP contribution is 2.21. The zero-order valence-corrected chi connectivity index (χ0v) is 12.6. The molecule has 0 spiro atoms. The zero-order valence-electron chi connectivity index (χ0n) is 11.0.